The molecule has 1 N–H and O–H groups in total. The third kappa shape index (κ3) is 18.4. The van der Waals surface area contributed by atoms with Crippen molar-refractivity contribution in [3.63, 3.8) is 0 Å². The summed E-state index contributed by atoms with van der Waals surface area (Å²) in [6, 6.07) is 0. The SMILES string of the molecule is CC(=O)COC(=O)CCC(=O)O.CCCC. The Bertz CT molecular complexity index is 200. The standard InChI is InChI=1S/C7H10O5.C4H10/c1-5(8)4-12-7(11)3-2-6(9)10;1-3-4-2/h2-4H2,1H3,(H,9,10);3-4H2,1-2H3. The van der Waals surface area contributed by atoms with Gasteiger partial charge in [-0.15, -0.1) is 0 Å². The van der Waals surface area contributed by atoms with Crippen molar-refractivity contribution in [3.05, 3.63) is 0 Å². The second-order valence-corrected chi connectivity index (χ2v) is 3.26. The molecule has 0 spiro atoms. The van der Waals surface area contributed by atoms with E-state index >= 15 is 0 Å². The summed E-state index contributed by atoms with van der Waals surface area (Å²) < 4.78 is 4.40. The number of rotatable bonds is 6. The Balaban J connectivity index is 0. The molecule has 0 radical (unpaired) electrons. The van der Waals surface area contributed by atoms with E-state index in [4.69, 9.17) is 5.11 Å². The molecular formula is C11H20O5. The van der Waals surface area contributed by atoms with Crippen molar-refractivity contribution in [3.8, 4) is 0 Å². The van der Waals surface area contributed by atoms with Gasteiger partial charge in [-0.05, 0) is 6.92 Å². The summed E-state index contributed by atoms with van der Waals surface area (Å²) in [5.74, 6) is -1.99. The van der Waals surface area contributed by atoms with Crippen molar-refractivity contribution in [2.45, 2.75) is 46.5 Å². The Hall–Kier alpha value is -1.39. The van der Waals surface area contributed by atoms with E-state index in [9.17, 15) is 14.4 Å². The topological polar surface area (TPSA) is 80.7 Å². The van der Waals surface area contributed by atoms with Crippen LogP contribution >= 0.6 is 0 Å². The molecule has 0 aromatic heterocycles. The quantitative estimate of drug-likeness (QED) is 0.706. The molecule has 0 bridgehead atoms. The molecule has 0 aliphatic rings. The molecule has 0 fully saturated rings. The first-order valence-electron chi connectivity index (χ1n) is 5.30. The predicted molar refractivity (Wildman–Crippen MR) is 59.1 cm³/mol. The van der Waals surface area contributed by atoms with Crippen LogP contribution in [0.2, 0.25) is 0 Å². The molecule has 0 saturated heterocycles. The summed E-state index contributed by atoms with van der Waals surface area (Å²) in [7, 11) is 0. The third-order valence-electron chi connectivity index (χ3n) is 1.48. The van der Waals surface area contributed by atoms with Crippen LogP contribution < -0.4 is 0 Å². The van der Waals surface area contributed by atoms with Gasteiger partial charge in [0, 0.05) is 0 Å². The summed E-state index contributed by atoms with van der Waals surface area (Å²) in [6.07, 6.45) is 2.18. The van der Waals surface area contributed by atoms with E-state index in [-0.39, 0.29) is 25.2 Å². The van der Waals surface area contributed by atoms with Gasteiger partial charge in [0.1, 0.15) is 6.61 Å². The van der Waals surface area contributed by atoms with Crippen LogP contribution in [0.4, 0.5) is 0 Å². The van der Waals surface area contributed by atoms with Gasteiger partial charge in [-0.1, -0.05) is 26.7 Å². The lowest BCUT2D eigenvalue weighted by Crippen LogP contribution is -2.12. The number of unbranched alkanes of at least 4 members (excludes halogenated alkanes) is 1. The number of ketones is 1. The molecule has 0 saturated carbocycles. The molecule has 0 rings (SSSR count). The average molecular weight is 232 g/mol. The highest BCUT2D eigenvalue weighted by atomic mass is 16.5. The lowest BCUT2D eigenvalue weighted by molar-refractivity contribution is -0.150. The fourth-order valence-electron chi connectivity index (χ4n) is 0.463. The highest BCUT2D eigenvalue weighted by molar-refractivity contribution is 5.81. The fraction of sp³-hybridized carbons (Fsp3) is 0.727. The molecular weight excluding hydrogens is 212 g/mol. The Morgan fingerprint density at radius 2 is 1.56 bits per heavy atom. The van der Waals surface area contributed by atoms with Gasteiger partial charge in [-0.2, -0.15) is 0 Å². The van der Waals surface area contributed by atoms with E-state index in [1.165, 1.54) is 19.8 Å². The van der Waals surface area contributed by atoms with E-state index in [0.29, 0.717) is 0 Å². The summed E-state index contributed by atoms with van der Waals surface area (Å²) in [6.45, 7) is 5.36. The largest absolute Gasteiger partial charge is 0.481 e. The minimum Gasteiger partial charge on any atom is -0.481 e. The molecule has 0 unspecified atom stereocenters. The zero-order valence-corrected chi connectivity index (χ0v) is 10.1. The molecule has 0 aliphatic carbocycles. The van der Waals surface area contributed by atoms with Crippen molar-refractivity contribution >= 4 is 17.7 Å². The van der Waals surface area contributed by atoms with E-state index in [2.05, 4.69) is 18.6 Å². The first kappa shape index (κ1) is 17.0. The molecule has 16 heavy (non-hydrogen) atoms. The molecule has 0 atom stereocenters. The van der Waals surface area contributed by atoms with Crippen molar-refractivity contribution < 1.29 is 24.2 Å². The number of carboxylic acids is 1. The Morgan fingerprint density at radius 1 is 1.06 bits per heavy atom. The number of esters is 1. The van der Waals surface area contributed by atoms with E-state index in [0.717, 1.165) is 0 Å². The minimum atomic E-state index is -1.06. The molecule has 0 aromatic carbocycles. The van der Waals surface area contributed by atoms with E-state index < -0.39 is 11.9 Å². The Morgan fingerprint density at radius 3 is 1.88 bits per heavy atom. The highest BCUT2D eigenvalue weighted by Gasteiger charge is 2.06. The van der Waals surface area contributed by atoms with Crippen LogP contribution in [0.5, 0.6) is 0 Å². The predicted octanol–water partition coefficient (Wildman–Crippen LogP) is 1.79. The summed E-state index contributed by atoms with van der Waals surface area (Å²) in [5.41, 5.74) is 0. The summed E-state index contributed by atoms with van der Waals surface area (Å²) >= 11 is 0. The number of Topliss-reactive ketones (excluding diaryl/α,β-unsaturated/α-hetero) is 1. The Kier molecular flexibility index (Phi) is 12.4. The van der Waals surface area contributed by atoms with Gasteiger partial charge in [-0.25, -0.2) is 0 Å². The molecule has 0 heterocycles. The number of hydrogen-bond donors (Lipinski definition) is 1. The normalized spacial score (nSPS) is 8.69. The number of aliphatic carboxylic acids is 1. The zero-order valence-electron chi connectivity index (χ0n) is 10.1. The average Bonchev–Trinajstić information content (AvgIpc) is 2.23. The van der Waals surface area contributed by atoms with Gasteiger partial charge < -0.3 is 9.84 Å². The monoisotopic (exact) mass is 232 g/mol. The lowest BCUT2D eigenvalue weighted by atomic mass is 10.3. The van der Waals surface area contributed by atoms with Crippen LogP contribution in [0.3, 0.4) is 0 Å². The maximum atomic E-state index is 10.6. The third-order valence-corrected chi connectivity index (χ3v) is 1.48. The van der Waals surface area contributed by atoms with Crippen molar-refractivity contribution in [1.29, 1.82) is 0 Å². The number of carbonyl (C=O) groups is 3. The minimum absolute atomic E-state index is 0.192. The van der Waals surface area contributed by atoms with E-state index in [1.807, 2.05) is 0 Å². The van der Waals surface area contributed by atoms with Gasteiger partial charge in [0.15, 0.2) is 5.78 Å². The van der Waals surface area contributed by atoms with Gasteiger partial charge in [-0.3, -0.25) is 14.4 Å². The van der Waals surface area contributed by atoms with Crippen LogP contribution in [0.15, 0.2) is 0 Å². The Labute approximate surface area is 95.8 Å². The number of hydrogen-bond acceptors (Lipinski definition) is 4. The molecule has 0 amide bonds. The van der Waals surface area contributed by atoms with Crippen LogP contribution in [-0.4, -0.2) is 29.4 Å². The second-order valence-electron chi connectivity index (χ2n) is 3.26. The summed E-state index contributed by atoms with van der Waals surface area (Å²) in [4.78, 5) is 30.9. The van der Waals surface area contributed by atoms with Crippen molar-refractivity contribution in [2.24, 2.45) is 0 Å². The van der Waals surface area contributed by atoms with Gasteiger partial charge >= 0.3 is 11.9 Å². The fourth-order valence-corrected chi connectivity index (χ4v) is 0.463. The molecule has 5 nitrogen and oxygen atoms in total. The highest BCUT2D eigenvalue weighted by Crippen LogP contribution is 1.92. The van der Waals surface area contributed by atoms with Crippen LogP contribution in [0.1, 0.15) is 46.5 Å². The van der Waals surface area contributed by atoms with Gasteiger partial charge in [0.25, 0.3) is 0 Å². The second kappa shape index (κ2) is 11.7. The van der Waals surface area contributed by atoms with Crippen molar-refractivity contribution in [1.82, 2.24) is 0 Å². The number of ether oxygens (including phenoxy) is 1. The van der Waals surface area contributed by atoms with Gasteiger partial charge in [0.2, 0.25) is 0 Å². The smallest absolute Gasteiger partial charge is 0.306 e. The zero-order chi connectivity index (χ0) is 13.0. The maximum absolute atomic E-state index is 10.6. The first-order chi connectivity index (χ1) is 7.43. The van der Waals surface area contributed by atoms with Gasteiger partial charge in [0.05, 0.1) is 12.8 Å². The first-order valence-corrected chi connectivity index (χ1v) is 5.30. The number of carbonyl (C=O) groups excluding carboxylic acids is 2. The van der Waals surface area contributed by atoms with Crippen LogP contribution in [-0.2, 0) is 19.1 Å². The molecule has 0 aromatic rings. The maximum Gasteiger partial charge on any atom is 0.306 e. The molecule has 0 aliphatic heterocycles. The lowest BCUT2D eigenvalue weighted by Gasteiger charge is -1.99. The summed E-state index contributed by atoms with van der Waals surface area (Å²) in [5, 5.41) is 8.17. The molecule has 5 heteroatoms. The van der Waals surface area contributed by atoms with Crippen LogP contribution in [0, 0.1) is 0 Å². The van der Waals surface area contributed by atoms with Crippen molar-refractivity contribution in [2.75, 3.05) is 6.61 Å². The van der Waals surface area contributed by atoms with Crippen LogP contribution in [0.25, 0.3) is 0 Å². The molecule has 94 valence electrons. The van der Waals surface area contributed by atoms with E-state index in [1.54, 1.807) is 0 Å². The number of carboxylic acid groups (broad SMARTS) is 1.